The number of aryl methyl sites for hydroxylation is 2. The predicted octanol–water partition coefficient (Wildman–Crippen LogP) is 5.54. The van der Waals surface area contributed by atoms with Crippen LogP contribution in [-0.4, -0.2) is 15.7 Å². The minimum Gasteiger partial charge on any atom is -0.229 e. The molecule has 24 heavy (non-hydrogen) atoms. The Morgan fingerprint density at radius 3 is 2.96 bits per heavy atom. The largest absolute Gasteiger partial charge is 0.229 e. The third-order valence-electron chi connectivity index (χ3n) is 4.75. The van der Waals surface area contributed by atoms with E-state index in [1.54, 1.807) is 16.8 Å². The maximum absolute atomic E-state index is 4.61. The molecular formula is C20H22N2S2. The van der Waals surface area contributed by atoms with Crippen molar-refractivity contribution in [1.29, 1.82) is 0 Å². The molecule has 124 valence electrons. The summed E-state index contributed by atoms with van der Waals surface area (Å²) in [5, 5.41) is 2.55. The van der Waals surface area contributed by atoms with E-state index in [9.17, 15) is 0 Å². The summed E-state index contributed by atoms with van der Waals surface area (Å²) in [6.07, 6.45) is 7.78. The summed E-state index contributed by atoms with van der Waals surface area (Å²) in [6.45, 7) is 2.36. The van der Waals surface area contributed by atoms with E-state index in [4.69, 9.17) is 0 Å². The van der Waals surface area contributed by atoms with Crippen molar-refractivity contribution >= 4 is 33.3 Å². The van der Waals surface area contributed by atoms with Crippen LogP contribution in [0.25, 0.3) is 10.2 Å². The average Bonchev–Trinajstić information content (AvgIpc) is 2.97. The highest BCUT2D eigenvalue weighted by atomic mass is 32.2. The molecule has 0 N–H and O–H groups in total. The minimum atomic E-state index is 0.806. The summed E-state index contributed by atoms with van der Waals surface area (Å²) in [5.74, 6) is 1.92. The lowest BCUT2D eigenvalue weighted by atomic mass is 9.89. The lowest BCUT2D eigenvalue weighted by Crippen LogP contribution is -2.08. The Bertz CT molecular complexity index is 826. The van der Waals surface area contributed by atoms with E-state index in [1.807, 2.05) is 23.1 Å². The van der Waals surface area contributed by atoms with Crippen LogP contribution in [0.15, 0.2) is 41.7 Å². The third-order valence-corrected chi connectivity index (χ3v) is 6.99. The normalized spacial score (nSPS) is 17.1. The fourth-order valence-corrected chi connectivity index (χ4v) is 5.83. The zero-order chi connectivity index (χ0) is 16.4. The van der Waals surface area contributed by atoms with Crippen molar-refractivity contribution < 1.29 is 0 Å². The van der Waals surface area contributed by atoms with E-state index in [-0.39, 0.29) is 0 Å². The van der Waals surface area contributed by atoms with E-state index in [1.165, 1.54) is 46.5 Å². The lowest BCUT2D eigenvalue weighted by Gasteiger charge is -2.18. The fourth-order valence-electron chi connectivity index (χ4n) is 3.45. The summed E-state index contributed by atoms with van der Waals surface area (Å²) in [7, 11) is 0. The topological polar surface area (TPSA) is 25.8 Å². The number of thiophene rings is 1. The van der Waals surface area contributed by atoms with Crippen molar-refractivity contribution in [1.82, 2.24) is 9.97 Å². The second-order valence-corrected chi connectivity index (χ2v) is 8.82. The summed E-state index contributed by atoms with van der Waals surface area (Å²) in [5.41, 5.74) is 2.96. The Balaban J connectivity index is 1.48. The Hall–Kier alpha value is -1.39. The number of hydrogen-bond acceptors (Lipinski definition) is 4. The number of aromatic nitrogens is 2. The van der Waals surface area contributed by atoms with Crippen molar-refractivity contribution in [3.8, 4) is 0 Å². The Morgan fingerprint density at radius 1 is 1.21 bits per heavy atom. The van der Waals surface area contributed by atoms with Crippen molar-refractivity contribution in [2.24, 2.45) is 5.92 Å². The molecule has 1 aliphatic carbocycles. The molecule has 0 spiro atoms. The van der Waals surface area contributed by atoms with Gasteiger partial charge in [0.1, 0.15) is 16.2 Å². The van der Waals surface area contributed by atoms with Crippen LogP contribution in [0.5, 0.6) is 0 Å². The summed E-state index contributed by atoms with van der Waals surface area (Å²) in [6, 6.07) is 10.7. The molecule has 2 nitrogen and oxygen atoms in total. The highest BCUT2D eigenvalue weighted by molar-refractivity contribution is 7.99. The third kappa shape index (κ3) is 3.35. The molecule has 4 rings (SSSR count). The van der Waals surface area contributed by atoms with Crippen molar-refractivity contribution in [2.75, 3.05) is 5.75 Å². The van der Waals surface area contributed by atoms with Gasteiger partial charge < -0.3 is 0 Å². The van der Waals surface area contributed by atoms with Gasteiger partial charge >= 0.3 is 0 Å². The molecule has 1 atom stereocenters. The maximum atomic E-state index is 4.61. The number of hydrogen-bond donors (Lipinski definition) is 0. The molecular weight excluding hydrogens is 332 g/mol. The quantitative estimate of drug-likeness (QED) is 0.342. The van der Waals surface area contributed by atoms with Crippen molar-refractivity contribution in [2.45, 2.75) is 44.1 Å². The smallest absolute Gasteiger partial charge is 0.128 e. The van der Waals surface area contributed by atoms with Crippen LogP contribution in [0.3, 0.4) is 0 Å². The molecule has 3 aromatic rings. The van der Waals surface area contributed by atoms with E-state index in [0.717, 1.165) is 18.1 Å². The monoisotopic (exact) mass is 354 g/mol. The molecule has 0 saturated carbocycles. The molecule has 2 heterocycles. The molecule has 0 unspecified atom stereocenters. The molecule has 2 aromatic heterocycles. The molecule has 0 fully saturated rings. The van der Waals surface area contributed by atoms with Crippen molar-refractivity contribution in [3.05, 3.63) is 52.7 Å². The van der Waals surface area contributed by atoms with Gasteiger partial charge in [-0.3, -0.25) is 0 Å². The number of benzene rings is 1. The summed E-state index contributed by atoms with van der Waals surface area (Å²) in [4.78, 5) is 11.9. The zero-order valence-electron chi connectivity index (χ0n) is 14.0. The second-order valence-electron chi connectivity index (χ2n) is 6.65. The zero-order valence-corrected chi connectivity index (χ0v) is 15.6. The van der Waals surface area contributed by atoms with E-state index in [2.05, 4.69) is 47.2 Å². The Kier molecular flexibility index (Phi) is 4.86. The highest BCUT2D eigenvalue weighted by Gasteiger charge is 2.22. The second kappa shape index (κ2) is 7.24. The van der Waals surface area contributed by atoms with Gasteiger partial charge in [-0.05, 0) is 54.9 Å². The van der Waals surface area contributed by atoms with Gasteiger partial charge in [-0.15, -0.1) is 23.1 Å². The van der Waals surface area contributed by atoms with Gasteiger partial charge in [-0.25, -0.2) is 9.97 Å². The van der Waals surface area contributed by atoms with Crippen LogP contribution >= 0.6 is 23.1 Å². The van der Waals surface area contributed by atoms with Crippen LogP contribution in [0.2, 0.25) is 0 Å². The molecule has 0 aliphatic heterocycles. The first-order chi connectivity index (χ1) is 11.8. The van der Waals surface area contributed by atoms with E-state index < -0.39 is 0 Å². The van der Waals surface area contributed by atoms with E-state index >= 15 is 0 Å². The minimum absolute atomic E-state index is 0.806. The lowest BCUT2D eigenvalue weighted by molar-refractivity contribution is 0.509. The highest BCUT2D eigenvalue weighted by Crippen LogP contribution is 2.40. The van der Waals surface area contributed by atoms with Crippen LogP contribution < -0.4 is 0 Å². The average molecular weight is 355 g/mol. The molecule has 1 aliphatic rings. The van der Waals surface area contributed by atoms with Crippen LogP contribution in [-0.2, 0) is 19.3 Å². The number of thioether (sulfide) groups is 1. The van der Waals surface area contributed by atoms with Gasteiger partial charge in [-0.2, -0.15) is 0 Å². The molecule has 0 amide bonds. The predicted molar refractivity (Wildman–Crippen MR) is 104 cm³/mol. The molecule has 0 bridgehead atoms. The summed E-state index contributed by atoms with van der Waals surface area (Å²) < 4.78 is 0. The summed E-state index contributed by atoms with van der Waals surface area (Å²) >= 11 is 3.79. The molecule has 4 heteroatoms. The molecule has 1 aromatic carbocycles. The van der Waals surface area contributed by atoms with Gasteiger partial charge in [0.05, 0.1) is 0 Å². The first kappa shape index (κ1) is 16.1. The molecule has 0 radical (unpaired) electrons. The SMILES string of the molecule is C[C@@H]1CCc2c(sc3ncnc(SCCCc4ccccc4)c23)C1. The maximum Gasteiger partial charge on any atom is 0.128 e. The van der Waals surface area contributed by atoms with Crippen LogP contribution in [0.1, 0.15) is 35.8 Å². The van der Waals surface area contributed by atoms with Gasteiger partial charge in [0.25, 0.3) is 0 Å². The molecule has 0 saturated heterocycles. The van der Waals surface area contributed by atoms with Gasteiger partial charge in [0.2, 0.25) is 0 Å². The van der Waals surface area contributed by atoms with Gasteiger partial charge in [0, 0.05) is 10.3 Å². The number of rotatable bonds is 5. The van der Waals surface area contributed by atoms with Crippen molar-refractivity contribution in [3.63, 3.8) is 0 Å². The van der Waals surface area contributed by atoms with Crippen LogP contribution in [0.4, 0.5) is 0 Å². The number of fused-ring (bicyclic) bond motifs is 3. The first-order valence-electron chi connectivity index (χ1n) is 8.73. The van der Waals surface area contributed by atoms with Crippen LogP contribution in [0, 0.1) is 5.92 Å². The standard InChI is InChI=1S/C20H22N2S2/c1-14-9-10-16-17(12-14)24-20-18(16)19(21-13-22-20)23-11-5-8-15-6-3-2-4-7-15/h2-4,6-7,13-14H,5,8-12H2,1H3/t14-/m1/s1. The first-order valence-corrected chi connectivity index (χ1v) is 10.5. The Morgan fingerprint density at radius 2 is 2.08 bits per heavy atom. The van der Waals surface area contributed by atoms with E-state index in [0.29, 0.717) is 0 Å². The Labute approximate surface area is 151 Å². The number of nitrogens with zero attached hydrogens (tertiary/aromatic N) is 2. The van der Waals surface area contributed by atoms with Gasteiger partial charge in [-0.1, -0.05) is 37.3 Å². The fraction of sp³-hybridized carbons (Fsp3) is 0.400. The van der Waals surface area contributed by atoms with Gasteiger partial charge in [0.15, 0.2) is 0 Å².